The molecule has 1 aliphatic rings. The lowest BCUT2D eigenvalue weighted by Gasteiger charge is -2.12. The molecule has 4 nitrogen and oxygen atoms in total. The van der Waals surface area contributed by atoms with E-state index in [-0.39, 0.29) is 24.1 Å². The quantitative estimate of drug-likeness (QED) is 0.898. The number of hydrogen-bond acceptors (Lipinski definition) is 3. The Morgan fingerprint density at radius 2 is 2.05 bits per heavy atom. The molecular weight excluding hydrogens is 297 g/mol. The third-order valence-electron chi connectivity index (χ3n) is 2.74. The molecule has 1 amide bonds. The van der Waals surface area contributed by atoms with Crippen molar-refractivity contribution in [2.24, 2.45) is 5.73 Å². The zero-order chi connectivity index (χ0) is 14.1. The first-order valence-corrected chi connectivity index (χ1v) is 5.68. The van der Waals surface area contributed by atoms with Crippen LogP contribution in [-0.2, 0) is 4.79 Å². The lowest BCUT2D eigenvalue weighted by Crippen LogP contribution is -2.37. The maximum Gasteiger partial charge on any atom is 0.422 e. The normalized spacial score (nSPS) is 16.0. The third kappa shape index (κ3) is 4.57. The Hall–Kier alpha value is -1.47. The van der Waals surface area contributed by atoms with Gasteiger partial charge in [-0.2, -0.15) is 13.2 Å². The molecule has 112 valence electrons. The van der Waals surface area contributed by atoms with Crippen LogP contribution in [0, 0.1) is 0 Å². The van der Waals surface area contributed by atoms with Gasteiger partial charge in [0, 0.05) is 11.8 Å². The van der Waals surface area contributed by atoms with Crippen molar-refractivity contribution in [3.8, 4) is 5.75 Å². The predicted octanol–water partition coefficient (Wildman–Crippen LogP) is 2.48. The van der Waals surface area contributed by atoms with E-state index < -0.39 is 18.3 Å². The summed E-state index contributed by atoms with van der Waals surface area (Å²) in [5.41, 5.74) is 5.23. The SMILES string of the molecule is Cl.NC1(C(=O)Nc2cccc(OCC(F)(F)F)c2)CC1. The van der Waals surface area contributed by atoms with E-state index in [9.17, 15) is 18.0 Å². The molecule has 3 N–H and O–H groups in total. The van der Waals surface area contributed by atoms with Crippen LogP contribution in [0.15, 0.2) is 24.3 Å². The molecule has 0 unspecified atom stereocenters. The van der Waals surface area contributed by atoms with Gasteiger partial charge in [-0.05, 0) is 25.0 Å². The van der Waals surface area contributed by atoms with Crippen LogP contribution in [0.4, 0.5) is 18.9 Å². The van der Waals surface area contributed by atoms with Crippen LogP contribution < -0.4 is 15.8 Å². The first kappa shape index (κ1) is 16.6. The minimum absolute atomic E-state index is 0. The minimum atomic E-state index is -4.39. The number of carbonyl (C=O) groups is 1. The van der Waals surface area contributed by atoms with E-state index >= 15 is 0 Å². The van der Waals surface area contributed by atoms with Crippen molar-refractivity contribution in [2.45, 2.75) is 24.6 Å². The van der Waals surface area contributed by atoms with Gasteiger partial charge >= 0.3 is 6.18 Å². The Labute approximate surface area is 119 Å². The molecule has 0 atom stereocenters. The Balaban J connectivity index is 0.00000200. The molecule has 0 aliphatic heterocycles. The van der Waals surface area contributed by atoms with Crippen molar-refractivity contribution in [1.29, 1.82) is 0 Å². The lowest BCUT2D eigenvalue weighted by molar-refractivity contribution is -0.153. The highest BCUT2D eigenvalue weighted by molar-refractivity contribution is 6.00. The monoisotopic (exact) mass is 310 g/mol. The Kier molecular flexibility index (Phi) is 4.88. The number of benzene rings is 1. The molecule has 0 bridgehead atoms. The second-order valence-electron chi connectivity index (χ2n) is 4.54. The number of halogens is 4. The highest BCUT2D eigenvalue weighted by Crippen LogP contribution is 2.33. The summed E-state index contributed by atoms with van der Waals surface area (Å²) in [6.07, 6.45) is -3.17. The molecule has 1 saturated carbocycles. The molecule has 0 spiro atoms. The van der Waals surface area contributed by atoms with E-state index in [0.717, 1.165) is 0 Å². The van der Waals surface area contributed by atoms with Gasteiger partial charge in [0.1, 0.15) is 5.75 Å². The number of amides is 1. The van der Waals surface area contributed by atoms with Crippen molar-refractivity contribution in [3.05, 3.63) is 24.3 Å². The molecule has 0 radical (unpaired) electrons. The summed E-state index contributed by atoms with van der Waals surface area (Å²) in [6.45, 7) is -1.37. The molecule has 1 aliphatic carbocycles. The molecule has 8 heteroatoms. The average Bonchev–Trinajstić information content (AvgIpc) is 3.06. The fraction of sp³-hybridized carbons (Fsp3) is 0.417. The second kappa shape index (κ2) is 5.88. The van der Waals surface area contributed by atoms with Crippen molar-refractivity contribution in [1.82, 2.24) is 0 Å². The second-order valence-corrected chi connectivity index (χ2v) is 4.54. The van der Waals surface area contributed by atoms with Crippen LogP contribution in [0.3, 0.4) is 0 Å². The van der Waals surface area contributed by atoms with Crippen LogP contribution in [0.1, 0.15) is 12.8 Å². The van der Waals surface area contributed by atoms with Crippen molar-refractivity contribution in [2.75, 3.05) is 11.9 Å². The van der Waals surface area contributed by atoms with E-state index in [2.05, 4.69) is 10.1 Å². The highest BCUT2D eigenvalue weighted by atomic mass is 35.5. The molecule has 1 aromatic carbocycles. The fourth-order valence-electron chi connectivity index (χ4n) is 1.45. The smallest absolute Gasteiger partial charge is 0.422 e. The maximum absolute atomic E-state index is 12.0. The summed E-state index contributed by atoms with van der Waals surface area (Å²) >= 11 is 0. The summed E-state index contributed by atoms with van der Waals surface area (Å²) < 4.78 is 40.6. The van der Waals surface area contributed by atoms with Crippen LogP contribution in [0.2, 0.25) is 0 Å². The summed E-state index contributed by atoms with van der Waals surface area (Å²) in [4.78, 5) is 11.7. The number of nitrogens with one attached hydrogen (secondary N) is 1. The van der Waals surface area contributed by atoms with Crippen LogP contribution in [0.5, 0.6) is 5.75 Å². The van der Waals surface area contributed by atoms with Gasteiger partial charge in [0.15, 0.2) is 6.61 Å². The first-order valence-electron chi connectivity index (χ1n) is 5.68. The maximum atomic E-state index is 12.0. The van der Waals surface area contributed by atoms with Gasteiger partial charge in [-0.3, -0.25) is 4.79 Å². The van der Waals surface area contributed by atoms with Crippen molar-refractivity contribution >= 4 is 24.0 Å². The predicted molar refractivity (Wildman–Crippen MR) is 70.0 cm³/mol. The Morgan fingerprint density at radius 3 is 2.60 bits per heavy atom. The zero-order valence-electron chi connectivity index (χ0n) is 10.4. The van der Waals surface area contributed by atoms with Gasteiger partial charge in [-0.25, -0.2) is 0 Å². The largest absolute Gasteiger partial charge is 0.484 e. The summed E-state index contributed by atoms with van der Waals surface area (Å²) in [5.74, 6) is -0.294. The van der Waals surface area contributed by atoms with Gasteiger partial charge in [-0.1, -0.05) is 6.07 Å². The molecule has 1 fully saturated rings. The molecular formula is C12H14ClF3N2O2. The van der Waals surface area contributed by atoms with E-state index in [4.69, 9.17) is 5.73 Å². The molecule has 2 rings (SSSR count). The number of rotatable bonds is 4. The van der Waals surface area contributed by atoms with E-state index in [1.54, 1.807) is 6.07 Å². The highest BCUT2D eigenvalue weighted by Gasteiger charge is 2.45. The third-order valence-corrected chi connectivity index (χ3v) is 2.74. The zero-order valence-corrected chi connectivity index (χ0v) is 11.2. The van der Waals surface area contributed by atoms with Crippen LogP contribution >= 0.6 is 12.4 Å². The van der Waals surface area contributed by atoms with Crippen LogP contribution in [-0.4, -0.2) is 24.2 Å². The summed E-state index contributed by atoms with van der Waals surface area (Å²) in [5, 5.41) is 2.56. The van der Waals surface area contributed by atoms with Gasteiger partial charge < -0.3 is 15.8 Å². The summed E-state index contributed by atoms with van der Waals surface area (Å²) in [6, 6.07) is 5.77. The molecule has 1 aromatic rings. The number of ether oxygens (including phenoxy) is 1. The topological polar surface area (TPSA) is 64.4 Å². The van der Waals surface area contributed by atoms with Crippen LogP contribution in [0.25, 0.3) is 0 Å². The standard InChI is InChI=1S/C12H13F3N2O2.ClH/c13-12(14,15)7-19-9-3-1-2-8(6-9)17-10(18)11(16)4-5-11;/h1-3,6H,4-5,7,16H2,(H,17,18);1H. The first-order chi connectivity index (χ1) is 8.78. The van der Waals surface area contributed by atoms with Gasteiger partial charge in [0.2, 0.25) is 5.91 Å². The van der Waals surface area contributed by atoms with E-state index in [0.29, 0.717) is 18.5 Å². The number of anilines is 1. The van der Waals surface area contributed by atoms with Crippen molar-refractivity contribution in [3.63, 3.8) is 0 Å². The fourth-order valence-corrected chi connectivity index (χ4v) is 1.45. The minimum Gasteiger partial charge on any atom is -0.484 e. The van der Waals surface area contributed by atoms with Crippen molar-refractivity contribution < 1.29 is 22.7 Å². The summed E-state index contributed by atoms with van der Waals surface area (Å²) in [7, 11) is 0. The molecule has 20 heavy (non-hydrogen) atoms. The number of carbonyl (C=O) groups excluding carboxylic acids is 1. The molecule has 0 heterocycles. The van der Waals surface area contributed by atoms with E-state index in [1.807, 2.05) is 0 Å². The molecule has 0 saturated heterocycles. The van der Waals surface area contributed by atoms with Gasteiger partial charge in [0.05, 0.1) is 5.54 Å². The number of hydrogen-bond donors (Lipinski definition) is 2. The average molecular weight is 311 g/mol. The lowest BCUT2D eigenvalue weighted by atomic mass is 10.2. The van der Waals surface area contributed by atoms with E-state index in [1.165, 1.54) is 18.2 Å². The molecule has 0 aromatic heterocycles. The van der Waals surface area contributed by atoms with Gasteiger partial charge in [-0.15, -0.1) is 12.4 Å². The Bertz CT molecular complexity index is 490. The number of nitrogens with two attached hydrogens (primary N) is 1. The number of alkyl halides is 3. The van der Waals surface area contributed by atoms with Gasteiger partial charge in [0.25, 0.3) is 0 Å². The Morgan fingerprint density at radius 1 is 1.40 bits per heavy atom.